The lowest BCUT2D eigenvalue weighted by atomic mass is 10.0. The molecule has 0 aliphatic carbocycles. The lowest BCUT2D eigenvalue weighted by Gasteiger charge is -2.25. The van der Waals surface area contributed by atoms with Gasteiger partial charge in [-0.2, -0.15) is 23.5 Å². The van der Waals surface area contributed by atoms with Crippen LogP contribution < -0.4 is 4.74 Å². The first-order valence-corrected chi connectivity index (χ1v) is 9.89. The Bertz CT molecular complexity index is 1090. The highest BCUT2D eigenvalue weighted by Gasteiger charge is 2.39. The molecule has 1 fully saturated rings. The molecule has 2 aliphatic heterocycles. The van der Waals surface area contributed by atoms with Gasteiger partial charge in [-0.25, -0.2) is 5.01 Å². The van der Waals surface area contributed by atoms with Crippen molar-refractivity contribution in [3.05, 3.63) is 65.7 Å². The fourth-order valence-corrected chi connectivity index (χ4v) is 3.70. The molecule has 2 aliphatic rings. The van der Waals surface area contributed by atoms with Crippen LogP contribution in [0, 0.1) is 11.5 Å². The van der Waals surface area contributed by atoms with E-state index in [0.717, 1.165) is 12.1 Å². The second-order valence-corrected chi connectivity index (χ2v) is 7.26. The largest absolute Gasteiger partial charge is 0.424 e. The Morgan fingerprint density at radius 3 is 2.47 bits per heavy atom. The van der Waals surface area contributed by atoms with E-state index < -0.39 is 17.8 Å². The molecule has 1 atom stereocenters. The summed E-state index contributed by atoms with van der Waals surface area (Å²) < 4.78 is 44.6. The van der Waals surface area contributed by atoms with Crippen LogP contribution >= 0.6 is 0 Å². The molecule has 0 N–H and O–H groups in total. The van der Waals surface area contributed by atoms with Gasteiger partial charge in [-0.1, -0.05) is 30.3 Å². The Balaban J connectivity index is 1.68. The Kier molecular flexibility index (Phi) is 5.81. The van der Waals surface area contributed by atoms with Crippen LogP contribution in [0.5, 0.6) is 5.75 Å². The van der Waals surface area contributed by atoms with Crippen molar-refractivity contribution < 1.29 is 22.7 Å². The number of alkyl halides is 3. The van der Waals surface area contributed by atoms with Crippen LogP contribution in [0.4, 0.5) is 13.2 Å². The first-order chi connectivity index (χ1) is 15.4. The predicted octanol–water partition coefficient (Wildman–Crippen LogP) is 3.63. The summed E-state index contributed by atoms with van der Waals surface area (Å²) in [5.41, 5.74) is 0.0853. The van der Waals surface area contributed by atoms with Gasteiger partial charge in [0.15, 0.2) is 0 Å². The van der Waals surface area contributed by atoms with Crippen molar-refractivity contribution in [3.63, 3.8) is 0 Å². The molecule has 1 amide bonds. The summed E-state index contributed by atoms with van der Waals surface area (Å²) in [4.78, 5) is 17.8. The van der Waals surface area contributed by atoms with Gasteiger partial charge in [-0.3, -0.25) is 4.79 Å². The number of halogens is 3. The number of amides is 1. The molecule has 2 aromatic carbocycles. The zero-order valence-corrected chi connectivity index (χ0v) is 16.8. The topological polar surface area (TPSA) is 81.3 Å². The number of ether oxygens (including phenoxy) is 1. The van der Waals surface area contributed by atoms with Crippen LogP contribution in [-0.4, -0.2) is 46.7 Å². The highest BCUT2D eigenvalue weighted by molar-refractivity contribution is 6.08. The third-order valence-electron chi connectivity index (χ3n) is 5.20. The van der Waals surface area contributed by atoms with Crippen LogP contribution in [0.25, 0.3) is 0 Å². The number of benzene rings is 2. The summed E-state index contributed by atoms with van der Waals surface area (Å²) in [6.45, 7) is 0.677. The van der Waals surface area contributed by atoms with E-state index in [0.29, 0.717) is 36.4 Å². The molecule has 2 heterocycles. The van der Waals surface area contributed by atoms with E-state index in [2.05, 4.69) is 10.1 Å². The number of amidine groups is 1. The van der Waals surface area contributed by atoms with E-state index in [1.54, 1.807) is 41.4 Å². The standard InChI is InChI=1S/C22H18F3N5O2/c23-22(24,25)16-10-8-15(9-11-16)20-18(29-12-4-7-19(29)31)13-30(28-20)21(27-14-26)32-17-5-2-1-3-6-17/h1-3,5-6,8-11,18H,4,7,12-13H2. The van der Waals surface area contributed by atoms with Crippen LogP contribution in [0.1, 0.15) is 24.0 Å². The molecule has 0 radical (unpaired) electrons. The minimum atomic E-state index is -4.46. The highest BCUT2D eigenvalue weighted by atomic mass is 19.4. The van der Waals surface area contributed by atoms with Gasteiger partial charge in [0.1, 0.15) is 5.75 Å². The van der Waals surface area contributed by atoms with Crippen molar-refractivity contribution >= 4 is 17.6 Å². The van der Waals surface area contributed by atoms with Crippen molar-refractivity contribution in [1.29, 1.82) is 5.26 Å². The molecule has 2 aromatic rings. The normalized spacial score (nSPS) is 19.2. The zero-order valence-electron chi connectivity index (χ0n) is 16.8. The van der Waals surface area contributed by atoms with Crippen LogP contribution in [0.2, 0.25) is 0 Å². The second kappa shape index (κ2) is 8.70. The summed E-state index contributed by atoms with van der Waals surface area (Å²) in [5.74, 6) is 0.382. The Morgan fingerprint density at radius 2 is 1.88 bits per heavy atom. The fourth-order valence-electron chi connectivity index (χ4n) is 3.70. The maximum atomic E-state index is 13.0. The maximum Gasteiger partial charge on any atom is 0.416 e. The number of likely N-dealkylation sites (tertiary alicyclic amines) is 1. The lowest BCUT2D eigenvalue weighted by Crippen LogP contribution is -2.45. The van der Waals surface area contributed by atoms with Crippen molar-refractivity contribution in [3.8, 4) is 11.9 Å². The maximum absolute atomic E-state index is 13.0. The van der Waals surface area contributed by atoms with Gasteiger partial charge in [0.05, 0.1) is 23.9 Å². The lowest BCUT2D eigenvalue weighted by molar-refractivity contribution is -0.137. The Labute approximate surface area is 182 Å². The molecule has 10 heteroatoms. The third kappa shape index (κ3) is 4.42. The minimum Gasteiger partial charge on any atom is -0.424 e. The van der Waals surface area contributed by atoms with E-state index in [-0.39, 0.29) is 18.5 Å². The van der Waals surface area contributed by atoms with Crippen molar-refractivity contribution in [2.75, 3.05) is 13.1 Å². The van der Waals surface area contributed by atoms with Crippen LogP contribution in [0.15, 0.2) is 64.7 Å². The number of aliphatic imine (C=N–C) groups is 1. The second-order valence-electron chi connectivity index (χ2n) is 7.26. The van der Waals surface area contributed by atoms with Gasteiger partial charge in [0.25, 0.3) is 0 Å². The number of carbonyl (C=O) groups is 1. The van der Waals surface area contributed by atoms with Crippen LogP contribution in [0.3, 0.4) is 0 Å². The number of hydrogen-bond acceptors (Lipinski definition) is 5. The number of rotatable bonds is 3. The van der Waals surface area contributed by atoms with Gasteiger partial charge < -0.3 is 9.64 Å². The number of nitriles is 1. The number of hydrogen-bond donors (Lipinski definition) is 0. The molecule has 164 valence electrons. The SMILES string of the molecule is N#CN=C(Oc1ccccc1)N1CC(N2CCCC2=O)C(c2ccc(C(F)(F)F)cc2)=N1. The molecule has 7 nitrogen and oxygen atoms in total. The Morgan fingerprint density at radius 1 is 1.16 bits per heavy atom. The van der Waals surface area contributed by atoms with Crippen LogP contribution in [-0.2, 0) is 11.0 Å². The van der Waals surface area contributed by atoms with E-state index in [4.69, 9.17) is 10.00 Å². The van der Waals surface area contributed by atoms with E-state index in [1.807, 2.05) is 0 Å². The minimum absolute atomic E-state index is 0.0563. The number of para-hydroxylation sites is 1. The van der Waals surface area contributed by atoms with Crippen molar-refractivity contribution in [1.82, 2.24) is 9.91 Å². The van der Waals surface area contributed by atoms with E-state index in [9.17, 15) is 18.0 Å². The summed E-state index contributed by atoms with van der Waals surface area (Å²) in [6.07, 6.45) is -1.68. The van der Waals surface area contributed by atoms with Crippen molar-refractivity contribution in [2.45, 2.75) is 25.1 Å². The molecule has 0 spiro atoms. The summed E-state index contributed by atoms with van der Waals surface area (Å²) in [6, 6.07) is 12.7. The van der Waals surface area contributed by atoms with E-state index >= 15 is 0 Å². The first-order valence-electron chi connectivity index (χ1n) is 9.89. The predicted molar refractivity (Wildman–Crippen MR) is 110 cm³/mol. The number of nitrogens with zero attached hydrogens (tertiary/aromatic N) is 5. The molecular weight excluding hydrogens is 423 g/mol. The van der Waals surface area contributed by atoms with E-state index in [1.165, 1.54) is 17.1 Å². The van der Waals surface area contributed by atoms with Gasteiger partial charge in [0, 0.05) is 13.0 Å². The molecule has 0 saturated carbocycles. The average Bonchev–Trinajstić information content (AvgIpc) is 3.40. The molecule has 4 rings (SSSR count). The van der Waals surface area contributed by atoms with Gasteiger partial charge in [0.2, 0.25) is 12.1 Å². The molecular formula is C22H18F3N5O2. The third-order valence-corrected chi connectivity index (χ3v) is 5.20. The zero-order chi connectivity index (χ0) is 22.7. The van der Waals surface area contributed by atoms with Gasteiger partial charge in [-0.15, -0.1) is 4.99 Å². The fraction of sp³-hybridized carbons (Fsp3) is 0.273. The Hall–Kier alpha value is -3.87. The average molecular weight is 441 g/mol. The molecule has 1 unspecified atom stereocenters. The molecule has 1 saturated heterocycles. The first kappa shape index (κ1) is 21.4. The molecule has 0 bridgehead atoms. The number of hydrazone groups is 1. The quantitative estimate of drug-likeness (QED) is 0.414. The van der Waals surface area contributed by atoms with Gasteiger partial charge in [-0.05, 0) is 36.2 Å². The summed E-state index contributed by atoms with van der Waals surface area (Å²) in [5, 5.41) is 15.0. The van der Waals surface area contributed by atoms with Crippen molar-refractivity contribution in [2.24, 2.45) is 10.1 Å². The molecule has 0 aromatic heterocycles. The highest BCUT2D eigenvalue weighted by Crippen LogP contribution is 2.30. The smallest absolute Gasteiger partial charge is 0.416 e. The van der Waals surface area contributed by atoms with Gasteiger partial charge >= 0.3 is 12.2 Å². The monoisotopic (exact) mass is 441 g/mol. The summed E-state index contributed by atoms with van der Waals surface area (Å²) >= 11 is 0. The summed E-state index contributed by atoms with van der Waals surface area (Å²) in [7, 11) is 0. The molecule has 32 heavy (non-hydrogen) atoms. The number of carbonyl (C=O) groups excluding carboxylic acids is 1.